The van der Waals surface area contributed by atoms with Gasteiger partial charge in [-0.05, 0) is 31.8 Å². The van der Waals surface area contributed by atoms with Crippen LogP contribution in [0.1, 0.15) is 54.7 Å². The van der Waals surface area contributed by atoms with E-state index in [-0.39, 0.29) is 29.9 Å². The van der Waals surface area contributed by atoms with Crippen molar-refractivity contribution >= 4 is 23.5 Å². The molecule has 0 saturated heterocycles. The van der Waals surface area contributed by atoms with Gasteiger partial charge in [0.15, 0.2) is 5.56 Å². The van der Waals surface area contributed by atoms with Gasteiger partial charge in [0.25, 0.3) is 11.5 Å². The van der Waals surface area contributed by atoms with E-state index in [0.717, 1.165) is 12.8 Å². The van der Waals surface area contributed by atoms with Gasteiger partial charge in [0.2, 0.25) is 11.8 Å². The third-order valence-electron chi connectivity index (χ3n) is 5.24. The van der Waals surface area contributed by atoms with Crippen molar-refractivity contribution in [3.63, 3.8) is 0 Å². The van der Waals surface area contributed by atoms with Gasteiger partial charge in [-0.3, -0.25) is 19.0 Å². The summed E-state index contributed by atoms with van der Waals surface area (Å²) in [7, 11) is 1.60. The molecule has 10 heteroatoms. The molecule has 2 aromatic heterocycles. The van der Waals surface area contributed by atoms with Crippen LogP contribution >= 0.6 is 0 Å². The van der Waals surface area contributed by atoms with Gasteiger partial charge in [0.05, 0.1) is 18.2 Å². The van der Waals surface area contributed by atoms with Gasteiger partial charge in [0.1, 0.15) is 5.65 Å². The number of rotatable bonds is 8. The zero-order chi connectivity index (χ0) is 23.6. The van der Waals surface area contributed by atoms with Crippen LogP contribution in [0.25, 0.3) is 11.7 Å². The van der Waals surface area contributed by atoms with E-state index in [0.29, 0.717) is 30.0 Å². The van der Waals surface area contributed by atoms with Gasteiger partial charge >= 0.3 is 0 Å². The molecule has 2 heterocycles. The highest BCUT2D eigenvalue weighted by molar-refractivity contribution is 5.97. The molecule has 3 rings (SSSR count). The van der Waals surface area contributed by atoms with Gasteiger partial charge < -0.3 is 15.3 Å². The predicted molar refractivity (Wildman–Crippen MR) is 118 cm³/mol. The van der Waals surface area contributed by atoms with Crippen molar-refractivity contribution in [2.24, 2.45) is 5.92 Å². The van der Waals surface area contributed by atoms with E-state index >= 15 is 0 Å². The van der Waals surface area contributed by atoms with E-state index in [4.69, 9.17) is 5.26 Å². The third-order valence-corrected chi connectivity index (χ3v) is 5.24. The summed E-state index contributed by atoms with van der Waals surface area (Å²) < 4.78 is 2.61. The maximum atomic E-state index is 13.3. The van der Waals surface area contributed by atoms with Crippen molar-refractivity contribution in [2.45, 2.75) is 52.6 Å². The number of aromatic hydroxyl groups is 1. The summed E-state index contributed by atoms with van der Waals surface area (Å²) >= 11 is 0. The molecule has 0 atom stereocenters. The molecule has 0 bridgehead atoms. The number of carbonyl (C=O) groups is 2. The van der Waals surface area contributed by atoms with Crippen LogP contribution in [0.5, 0.6) is 5.88 Å². The first-order valence-corrected chi connectivity index (χ1v) is 10.6. The quantitative estimate of drug-likeness (QED) is 0.597. The first-order valence-electron chi connectivity index (χ1n) is 10.6. The Labute approximate surface area is 185 Å². The maximum Gasteiger partial charge on any atom is 0.270 e. The number of hydrogen-bond acceptors (Lipinski definition) is 6. The molecule has 0 aromatic carbocycles. The van der Waals surface area contributed by atoms with E-state index in [1.54, 1.807) is 20.0 Å². The van der Waals surface area contributed by atoms with Crippen molar-refractivity contribution in [3.8, 4) is 11.9 Å². The smallest absolute Gasteiger partial charge is 0.270 e. The SMILES string of the molecule is Cc1nn2c(O)c(C(=O)NC3CC3)c(=O)n(CC(C)C)c2c1/C=C/C(=O)N(C)CCC#N. The van der Waals surface area contributed by atoms with Crippen LogP contribution in [-0.2, 0) is 11.3 Å². The lowest BCUT2D eigenvalue weighted by Gasteiger charge is -2.15. The lowest BCUT2D eigenvalue weighted by Crippen LogP contribution is -2.36. The minimum atomic E-state index is -0.617. The van der Waals surface area contributed by atoms with Crippen LogP contribution in [0.3, 0.4) is 0 Å². The lowest BCUT2D eigenvalue weighted by molar-refractivity contribution is -0.124. The highest BCUT2D eigenvalue weighted by Gasteiger charge is 2.30. The second-order valence-corrected chi connectivity index (χ2v) is 8.49. The molecule has 32 heavy (non-hydrogen) atoms. The third kappa shape index (κ3) is 4.66. The second kappa shape index (κ2) is 9.26. The molecule has 2 amide bonds. The molecular weight excluding hydrogens is 412 g/mol. The standard InChI is InChI=1S/C22H28N6O4/c1-13(2)12-27-20-16(8-9-17(29)26(4)11-5-10-23)14(3)25-28(20)22(32)18(21(27)31)19(30)24-15-6-7-15/h8-9,13,15,32H,5-7,11-12H2,1-4H3,(H,24,30)/b9-8+. The molecule has 170 valence electrons. The Balaban J connectivity index is 2.13. The number of nitrogens with zero attached hydrogens (tertiary/aromatic N) is 5. The summed E-state index contributed by atoms with van der Waals surface area (Å²) in [5.41, 5.74) is 0.351. The average Bonchev–Trinajstić information content (AvgIpc) is 3.48. The van der Waals surface area contributed by atoms with E-state index < -0.39 is 17.3 Å². The number of likely N-dealkylation sites (N-methyl/N-ethyl adjacent to an activating group) is 1. The number of amides is 2. The fourth-order valence-corrected chi connectivity index (χ4v) is 3.39. The molecular formula is C22H28N6O4. The highest BCUT2D eigenvalue weighted by Crippen LogP contribution is 2.25. The molecule has 2 aromatic rings. The van der Waals surface area contributed by atoms with Crippen molar-refractivity contribution in [2.75, 3.05) is 13.6 Å². The van der Waals surface area contributed by atoms with Gasteiger partial charge in [0, 0.05) is 37.8 Å². The molecule has 2 N–H and O–H groups in total. The molecule has 0 aliphatic heterocycles. The first kappa shape index (κ1) is 23.1. The summed E-state index contributed by atoms with van der Waals surface area (Å²) in [4.78, 5) is 39.7. The van der Waals surface area contributed by atoms with Crippen molar-refractivity contribution in [3.05, 3.63) is 33.3 Å². The lowest BCUT2D eigenvalue weighted by atomic mass is 10.1. The maximum absolute atomic E-state index is 13.3. The fraction of sp³-hybridized carbons (Fsp3) is 0.500. The zero-order valence-corrected chi connectivity index (χ0v) is 18.8. The Morgan fingerprint density at radius 3 is 2.69 bits per heavy atom. The Kier molecular flexibility index (Phi) is 6.67. The molecule has 0 radical (unpaired) electrons. The van der Waals surface area contributed by atoms with Gasteiger partial charge in [-0.15, -0.1) is 0 Å². The van der Waals surface area contributed by atoms with Crippen molar-refractivity contribution < 1.29 is 14.7 Å². The Bertz CT molecular complexity index is 1180. The largest absolute Gasteiger partial charge is 0.492 e. The highest BCUT2D eigenvalue weighted by atomic mass is 16.3. The Hall–Kier alpha value is -3.61. The minimum absolute atomic E-state index is 0.0254. The topological polar surface area (TPSA) is 133 Å². The van der Waals surface area contributed by atoms with E-state index in [9.17, 15) is 19.5 Å². The normalized spacial score (nSPS) is 13.6. The summed E-state index contributed by atoms with van der Waals surface area (Å²) in [6.07, 6.45) is 4.81. The Morgan fingerprint density at radius 1 is 1.41 bits per heavy atom. The number of hydrogen-bond donors (Lipinski definition) is 2. The molecule has 0 unspecified atom stereocenters. The summed E-state index contributed by atoms with van der Waals surface area (Å²) in [6, 6.07) is 2.02. The number of fused-ring (bicyclic) bond motifs is 1. The number of aromatic nitrogens is 3. The molecule has 1 aliphatic carbocycles. The van der Waals surface area contributed by atoms with Crippen LogP contribution < -0.4 is 10.9 Å². The van der Waals surface area contributed by atoms with E-state index in [1.165, 1.54) is 20.1 Å². The average molecular weight is 441 g/mol. The fourth-order valence-electron chi connectivity index (χ4n) is 3.39. The van der Waals surface area contributed by atoms with Crippen LogP contribution in [0, 0.1) is 24.2 Å². The van der Waals surface area contributed by atoms with Crippen LogP contribution in [0.15, 0.2) is 10.9 Å². The van der Waals surface area contributed by atoms with Crippen molar-refractivity contribution in [1.29, 1.82) is 5.26 Å². The molecule has 1 saturated carbocycles. The van der Waals surface area contributed by atoms with Crippen molar-refractivity contribution in [1.82, 2.24) is 24.4 Å². The molecule has 0 spiro atoms. The molecule has 1 fully saturated rings. The molecule has 1 aliphatic rings. The zero-order valence-electron chi connectivity index (χ0n) is 18.8. The van der Waals surface area contributed by atoms with E-state index in [2.05, 4.69) is 10.4 Å². The number of nitriles is 1. The number of aryl methyl sites for hydroxylation is 1. The Morgan fingerprint density at radius 2 is 2.09 bits per heavy atom. The number of carbonyl (C=O) groups excluding carboxylic acids is 2. The van der Waals surface area contributed by atoms with E-state index in [1.807, 2.05) is 19.9 Å². The van der Waals surface area contributed by atoms with Gasteiger partial charge in [-0.25, -0.2) is 0 Å². The minimum Gasteiger partial charge on any atom is -0.492 e. The summed E-state index contributed by atoms with van der Waals surface area (Å²) in [6.45, 7) is 6.17. The summed E-state index contributed by atoms with van der Waals surface area (Å²) in [5.74, 6) is -1.37. The number of nitrogens with one attached hydrogen (secondary N) is 1. The van der Waals surface area contributed by atoms with Gasteiger partial charge in [-0.2, -0.15) is 14.9 Å². The van der Waals surface area contributed by atoms with Crippen LogP contribution in [0.4, 0.5) is 0 Å². The van der Waals surface area contributed by atoms with Crippen LogP contribution in [-0.4, -0.2) is 55.6 Å². The summed E-state index contributed by atoms with van der Waals surface area (Å²) in [5, 5.41) is 26.6. The first-order chi connectivity index (χ1) is 15.1. The second-order valence-electron chi connectivity index (χ2n) is 8.49. The molecule has 10 nitrogen and oxygen atoms in total. The van der Waals surface area contributed by atoms with Gasteiger partial charge in [-0.1, -0.05) is 13.8 Å². The van der Waals surface area contributed by atoms with Crippen LogP contribution in [0.2, 0.25) is 0 Å². The predicted octanol–water partition coefficient (Wildman–Crippen LogP) is 1.44. The monoisotopic (exact) mass is 440 g/mol.